The van der Waals surface area contributed by atoms with Gasteiger partial charge in [0, 0.05) is 37.0 Å². The fraction of sp³-hybridized carbons (Fsp3) is 0.316. The Morgan fingerprint density at radius 1 is 1.27 bits per heavy atom. The van der Waals surface area contributed by atoms with Gasteiger partial charge in [0.15, 0.2) is 14.9 Å². The third-order valence-corrected chi connectivity index (χ3v) is 6.66. The van der Waals surface area contributed by atoms with Gasteiger partial charge in [0.1, 0.15) is 10.8 Å². The Labute approximate surface area is 189 Å². The first-order valence-corrected chi connectivity index (χ1v) is 11.8. The van der Waals surface area contributed by atoms with Crippen LogP contribution in [-0.2, 0) is 35.5 Å². The van der Waals surface area contributed by atoms with Crippen molar-refractivity contribution in [2.75, 3.05) is 17.7 Å². The van der Waals surface area contributed by atoms with E-state index < -0.39 is 39.5 Å². The summed E-state index contributed by atoms with van der Waals surface area (Å²) < 4.78 is 79.7. The van der Waals surface area contributed by atoms with E-state index in [0.717, 1.165) is 18.4 Å². The fourth-order valence-electron chi connectivity index (χ4n) is 3.80. The zero-order valence-corrected chi connectivity index (χ0v) is 18.5. The summed E-state index contributed by atoms with van der Waals surface area (Å²) in [6.45, 7) is -0.124. The molecule has 0 atom stereocenters. The molecule has 0 amide bonds. The molecule has 176 valence electrons. The van der Waals surface area contributed by atoms with Gasteiger partial charge in [0.05, 0.1) is 24.0 Å². The number of halogens is 5. The molecular formula is C19H16ClF4N5O3S. The number of hydrogen-bond acceptors (Lipinski definition) is 6. The zero-order valence-electron chi connectivity index (χ0n) is 16.9. The minimum Gasteiger partial charge on any atom is -0.364 e. The smallest absolute Gasteiger partial charge is 0.364 e. The number of aromatic nitrogens is 4. The second kappa shape index (κ2) is 8.13. The highest BCUT2D eigenvalue weighted by molar-refractivity contribution is 7.90. The van der Waals surface area contributed by atoms with Gasteiger partial charge >= 0.3 is 6.18 Å². The lowest BCUT2D eigenvalue weighted by Gasteiger charge is -2.29. The Bertz CT molecular complexity index is 1400. The molecule has 0 spiro atoms. The van der Waals surface area contributed by atoms with Crippen molar-refractivity contribution in [3.8, 4) is 0 Å². The van der Waals surface area contributed by atoms with Crippen LogP contribution >= 0.6 is 11.6 Å². The first kappa shape index (κ1) is 23.2. The Balaban J connectivity index is 1.79. The average Bonchev–Trinajstić information content (AvgIpc) is 3.09. The SMILES string of the molecule is CS(=O)(=O)c1nn(Cc2ccc(F)cc2C(F)(F)F)c2c1CN(c1cn[nH]c(=O)c1Cl)CC2. The molecule has 14 heteroatoms. The Morgan fingerprint density at radius 2 is 2.00 bits per heavy atom. The van der Waals surface area contributed by atoms with Crippen LogP contribution in [0.5, 0.6) is 0 Å². The van der Waals surface area contributed by atoms with E-state index in [1.54, 1.807) is 4.90 Å². The molecule has 0 radical (unpaired) electrons. The number of aromatic amines is 1. The largest absolute Gasteiger partial charge is 0.416 e. The van der Waals surface area contributed by atoms with Crippen molar-refractivity contribution >= 4 is 27.1 Å². The summed E-state index contributed by atoms with van der Waals surface area (Å²) in [6, 6.07) is 2.30. The van der Waals surface area contributed by atoms with Gasteiger partial charge in [-0.15, -0.1) is 0 Å². The predicted octanol–water partition coefficient (Wildman–Crippen LogP) is 2.79. The van der Waals surface area contributed by atoms with Gasteiger partial charge < -0.3 is 4.90 Å². The van der Waals surface area contributed by atoms with Crippen LogP contribution in [0, 0.1) is 5.82 Å². The normalized spacial score (nSPS) is 14.4. The molecule has 0 fully saturated rings. The Hall–Kier alpha value is -2.93. The molecule has 0 saturated heterocycles. The van der Waals surface area contributed by atoms with E-state index in [0.29, 0.717) is 11.8 Å². The van der Waals surface area contributed by atoms with Gasteiger partial charge in [-0.1, -0.05) is 17.7 Å². The van der Waals surface area contributed by atoms with Crippen molar-refractivity contribution in [2.45, 2.75) is 30.7 Å². The molecule has 1 aliphatic heterocycles. The molecule has 0 unspecified atom stereocenters. The highest BCUT2D eigenvalue weighted by Crippen LogP contribution is 2.35. The summed E-state index contributed by atoms with van der Waals surface area (Å²) in [4.78, 5) is 13.4. The second-order valence-corrected chi connectivity index (χ2v) is 9.84. The average molecular weight is 506 g/mol. The number of rotatable bonds is 4. The minimum atomic E-state index is -4.80. The molecule has 1 aliphatic rings. The molecule has 0 saturated carbocycles. The summed E-state index contributed by atoms with van der Waals surface area (Å²) in [5.74, 6) is -1.04. The van der Waals surface area contributed by atoms with Crippen molar-refractivity contribution < 1.29 is 26.0 Å². The van der Waals surface area contributed by atoms with E-state index in [4.69, 9.17) is 11.6 Å². The number of fused-ring (bicyclic) bond motifs is 1. The van der Waals surface area contributed by atoms with E-state index in [1.165, 1.54) is 10.9 Å². The molecule has 3 aromatic rings. The van der Waals surface area contributed by atoms with Gasteiger partial charge in [0.25, 0.3) is 5.56 Å². The molecule has 8 nitrogen and oxygen atoms in total. The highest BCUT2D eigenvalue weighted by atomic mass is 35.5. The Morgan fingerprint density at radius 3 is 2.67 bits per heavy atom. The van der Waals surface area contributed by atoms with Crippen molar-refractivity contribution in [1.82, 2.24) is 20.0 Å². The molecule has 4 rings (SSSR count). The van der Waals surface area contributed by atoms with E-state index in [9.17, 15) is 30.8 Å². The van der Waals surface area contributed by atoms with Crippen LogP contribution in [0.4, 0.5) is 23.2 Å². The van der Waals surface area contributed by atoms with Crippen molar-refractivity contribution in [3.05, 3.63) is 68.0 Å². The number of nitrogens with one attached hydrogen (secondary N) is 1. The molecule has 1 aromatic carbocycles. The fourth-order valence-corrected chi connectivity index (χ4v) is 4.89. The van der Waals surface area contributed by atoms with Crippen molar-refractivity contribution in [3.63, 3.8) is 0 Å². The Kier molecular flexibility index (Phi) is 5.73. The summed E-state index contributed by atoms with van der Waals surface area (Å²) in [5.41, 5.74) is -1.02. The molecule has 2 aromatic heterocycles. The summed E-state index contributed by atoms with van der Waals surface area (Å²) in [6.07, 6.45) is -2.32. The lowest BCUT2D eigenvalue weighted by atomic mass is 10.1. The second-order valence-electron chi connectivity index (χ2n) is 7.53. The van der Waals surface area contributed by atoms with Crippen LogP contribution in [0.25, 0.3) is 0 Å². The quantitative estimate of drug-likeness (QED) is 0.547. The third-order valence-electron chi connectivity index (χ3n) is 5.26. The van der Waals surface area contributed by atoms with Gasteiger partial charge in [-0.3, -0.25) is 9.48 Å². The highest BCUT2D eigenvalue weighted by Gasteiger charge is 2.35. The van der Waals surface area contributed by atoms with E-state index in [-0.39, 0.29) is 46.4 Å². The maximum atomic E-state index is 13.5. The molecular weight excluding hydrogens is 490 g/mol. The third kappa shape index (κ3) is 4.47. The predicted molar refractivity (Wildman–Crippen MR) is 110 cm³/mol. The van der Waals surface area contributed by atoms with Crippen LogP contribution in [0.2, 0.25) is 5.02 Å². The number of sulfone groups is 1. The minimum absolute atomic E-state index is 0.00185. The van der Waals surface area contributed by atoms with E-state index in [1.807, 2.05) is 0 Å². The lowest BCUT2D eigenvalue weighted by molar-refractivity contribution is -0.138. The van der Waals surface area contributed by atoms with Gasteiger partial charge in [-0.25, -0.2) is 17.9 Å². The first-order valence-electron chi connectivity index (χ1n) is 9.48. The summed E-state index contributed by atoms with van der Waals surface area (Å²) in [7, 11) is -3.84. The monoisotopic (exact) mass is 505 g/mol. The standard InChI is InChI=1S/C19H16ClF4N5O3S/c1-33(31,32)18-12-9-28(15-7-25-26-17(30)16(15)20)5-4-14(12)29(27-18)8-10-2-3-11(21)6-13(10)19(22,23)24/h2-3,6-7H,4-5,8-9H2,1H3,(H,26,30). The zero-order chi connectivity index (χ0) is 24.1. The van der Waals surface area contributed by atoms with Crippen LogP contribution in [0.3, 0.4) is 0 Å². The van der Waals surface area contributed by atoms with Crippen LogP contribution in [0.1, 0.15) is 22.4 Å². The molecule has 0 aliphatic carbocycles. The number of H-pyrrole nitrogens is 1. The molecule has 33 heavy (non-hydrogen) atoms. The lowest BCUT2D eigenvalue weighted by Crippen LogP contribution is -2.33. The number of hydrogen-bond donors (Lipinski definition) is 1. The number of anilines is 1. The number of alkyl halides is 3. The topological polar surface area (TPSA) is 101 Å². The number of benzene rings is 1. The summed E-state index contributed by atoms with van der Waals surface area (Å²) >= 11 is 6.07. The molecule has 0 bridgehead atoms. The van der Waals surface area contributed by atoms with Gasteiger partial charge in [-0.2, -0.15) is 23.4 Å². The maximum Gasteiger partial charge on any atom is 0.416 e. The van der Waals surface area contributed by atoms with E-state index >= 15 is 0 Å². The summed E-state index contributed by atoms with van der Waals surface area (Å²) in [5, 5.41) is 9.59. The number of nitrogens with zero attached hydrogens (tertiary/aromatic N) is 4. The van der Waals surface area contributed by atoms with Crippen molar-refractivity contribution in [2.24, 2.45) is 0 Å². The first-order chi connectivity index (χ1) is 15.4. The van der Waals surface area contributed by atoms with Crippen LogP contribution in [0.15, 0.2) is 34.2 Å². The van der Waals surface area contributed by atoms with Crippen molar-refractivity contribution in [1.29, 1.82) is 0 Å². The van der Waals surface area contributed by atoms with E-state index in [2.05, 4.69) is 15.3 Å². The molecule has 3 heterocycles. The van der Waals surface area contributed by atoms with Crippen LogP contribution in [-0.4, -0.2) is 41.2 Å². The van der Waals surface area contributed by atoms with Gasteiger partial charge in [-0.05, 0) is 17.7 Å². The maximum absolute atomic E-state index is 13.5. The molecule has 1 N–H and O–H groups in total. The van der Waals surface area contributed by atoms with Gasteiger partial charge in [0.2, 0.25) is 0 Å². The van der Waals surface area contributed by atoms with Crippen LogP contribution < -0.4 is 10.5 Å².